The number of hydrogen-bond acceptors (Lipinski definition) is 2. The fraction of sp³-hybridized carbons (Fsp3) is 0.440. The Morgan fingerprint density at radius 3 is 2.64 bits per heavy atom. The van der Waals surface area contributed by atoms with Crippen LogP contribution in [0.2, 0.25) is 0 Å². The van der Waals surface area contributed by atoms with Crippen LogP contribution in [-0.2, 0) is 13.5 Å². The molecule has 2 aromatic carbocycles. The molecule has 0 spiro atoms. The number of benzene rings is 2. The number of likely N-dealkylation sites (tertiary alicyclic amines) is 1. The van der Waals surface area contributed by atoms with Gasteiger partial charge in [-0.05, 0) is 62.2 Å². The number of para-hydroxylation sites is 1. The summed E-state index contributed by atoms with van der Waals surface area (Å²) in [5.74, 6) is 0.550. The van der Waals surface area contributed by atoms with Crippen molar-refractivity contribution in [2.75, 3.05) is 27.2 Å². The predicted octanol–water partition coefficient (Wildman–Crippen LogP) is 4.50. The molecule has 28 heavy (non-hydrogen) atoms. The fourth-order valence-electron chi connectivity index (χ4n) is 5.81. The summed E-state index contributed by atoms with van der Waals surface area (Å²) in [6, 6.07) is 16.9. The molecule has 5 rings (SSSR count). The predicted molar refractivity (Wildman–Crippen MR) is 117 cm³/mol. The van der Waals surface area contributed by atoms with E-state index >= 15 is 0 Å². The van der Waals surface area contributed by atoms with Crippen molar-refractivity contribution in [1.82, 2.24) is 14.4 Å². The molecule has 0 N–H and O–H groups in total. The van der Waals surface area contributed by atoms with E-state index in [1.807, 2.05) is 0 Å². The molecule has 0 bridgehead atoms. The minimum absolute atomic E-state index is 0.550. The molecule has 3 atom stereocenters. The molecule has 1 aliphatic heterocycles. The molecule has 2 heterocycles. The van der Waals surface area contributed by atoms with Crippen LogP contribution in [0.3, 0.4) is 0 Å². The lowest BCUT2D eigenvalue weighted by Crippen LogP contribution is -2.35. The van der Waals surface area contributed by atoms with Crippen molar-refractivity contribution in [1.29, 1.82) is 0 Å². The highest BCUT2D eigenvalue weighted by atomic mass is 15.3. The summed E-state index contributed by atoms with van der Waals surface area (Å²) in [6.07, 6.45) is 4.87. The second-order valence-corrected chi connectivity index (χ2v) is 9.01. The van der Waals surface area contributed by atoms with Gasteiger partial charge in [-0.15, -0.1) is 0 Å². The Labute approximate surface area is 168 Å². The molecule has 0 saturated carbocycles. The standard InChI is InChI=1S/C25H31N3/c1-17-8-7-9-18-12-13-23(25(17)18)28-15-21(24(16-28)26(2)3)20-14-27(4)22-11-6-5-10-19(20)22/h5-11,14,21,23-24H,12-13,15-16H2,1-4H3/t21-,23?,24+/m1/s1. The van der Waals surface area contributed by atoms with Crippen LogP contribution in [0.5, 0.6) is 0 Å². The molecule has 0 amide bonds. The number of likely N-dealkylation sites (N-methyl/N-ethyl adjacent to an activating group) is 1. The maximum Gasteiger partial charge on any atom is 0.0480 e. The number of aryl methyl sites for hydroxylation is 3. The Morgan fingerprint density at radius 2 is 1.82 bits per heavy atom. The van der Waals surface area contributed by atoms with Crippen molar-refractivity contribution in [3.63, 3.8) is 0 Å². The van der Waals surface area contributed by atoms with Crippen LogP contribution in [0.1, 0.15) is 40.6 Å². The van der Waals surface area contributed by atoms with Crippen molar-refractivity contribution in [2.24, 2.45) is 7.05 Å². The summed E-state index contributed by atoms with van der Waals surface area (Å²) in [4.78, 5) is 5.22. The first kappa shape index (κ1) is 18.0. The van der Waals surface area contributed by atoms with Gasteiger partial charge in [0.25, 0.3) is 0 Å². The van der Waals surface area contributed by atoms with E-state index in [1.54, 1.807) is 11.1 Å². The molecular weight excluding hydrogens is 342 g/mol. The monoisotopic (exact) mass is 373 g/mol. The van der Waals surface area contributed by atoms with E-state index in [2.05, 4.69) is 91.1 Å². The number of rotatable bonds is 3. The van der Waals surface area contributed by atoms with Crippen molar-refractivity contribution >= 4 is 10.9 Å². The second kappa shape index (κ2) is 6.75. The van der Waals surface area contributed by atoms with E-state index in [9.17, 15) is 0 Å². The molecule has 3 heteroatoms. The third-order valence-electron chi connectivity index (χ3n) is 7.18. The van der Waals surface area contributed by atoms with Gasteiger partial charge >= 0.3 is 0 Å². The zero-order valence-electron chi connectivity index (χ0n) is 17.5. The summed E-state index contributed by atoms with van der Waals surface area (Å²) in [7, 11) is 6.68. The van der Waals surface area contributed by atoms with Gasteiger partial charge in [0.15, 0.2) is 0 Å². The van der Waals surface area contributed by atoms with E-state index in [-0.39, 0.29) is 0 Å². The first-order valence-corrected chi connectivity index (χ1v) is 10.6. The number of fused-ring (bicyclic) bond motifs is 2. The molecule has 3 aromatic rings. The Kier molecular flexibility index (Phi) is 4.33. The molecule has 3 nitrogen and oxygen atoms in total. The lowest BCUT2D eigenvalue weighted by Gasteiger charge is -2.27. The van der Waals surface area contributed by atoms with Gasteiger partial charge < -0.3 is 9.47 Å². The normalized spacial score (nSPS) is 25.1. The first-order chi connectivity index (χ1) is 13.5. The fourth-order valence-corrected chi connectivity index (χ4v) is 5.81. The van der Waals surface area contributed by atoms with Crippen LogP contribution in [-0.4, -0.2) is 47.6 Å². The van der Waals surface area contributed by atoms with Crippen LogP contribution in [0.15, 0.2) is 48.7 Å². The zero-order chi connectivity index (χ0) is 19.4. The van der Waals surface area contributed by atoms with E-state index in [4.69, 9.17) is 0 Å². The molecule has 1 saturated heterocycles. The summed E-state index contributed by atoms with van der Waals surface area (Å²) >= 11 is 0. The Bertz CT molecular complexity index is 1020. The van der Waals surface area contributed by atoms with Gasteiger partial charge in [0, 0.05) is 55.2 Å². The minimum Gasteiger partial charge on any atom is -0.350 e. The Morgan fingerprint density at radius 1 is 1.00 bits per heavy atom. The smallest absolute Gasteiger partial charge is 0.0480 e. The van der Waals surface area contributed by atoms with E-state index in [0.29, 0.717) is 18.0 Å². The maximum atomic E-state index is 2.77. The molecule has 1 fully saturated rings. The van der Waals surface area contributed by atoms with E-state index < -0.39 is 0 Å². The van der Waals surface area contributed by atoms with Crippen LogP contribution >= 0.6 is 0 Å². The molecular formula is C25H31N3. The van der Waals surface area contributed by atoms with Crippen molar-refractivity contribution in [3.05, 3.63) is 70.9 Å². The second-order valence-electron chi connectivity index (χ2n) is 9.01. The topological polar surface area (TPSA) is 11.4 Å². The van der Waals surface area contributed by atoms with Crippen molar-refractivity contribution in [3.8, 4) is 0 Å². The van der Waals surface area contributed by atoms with Crippen LogP contribution in [0.25, 0.3) is 10.9 Å². The van der Waals surface area contributed by atoms with E-state index in [0.717, 1.165) is 13.1 Å². The molecule has 1 unspecified atom stereocenters. The summed E-state index contributed by atoms with van der Waals surface area (Å²) < 4.78 is 2.30. The van der Waals surface area contributed by atoms with Gasteiger partial charge in [0.05, 0.1) is 0 Å². The van der Waals surface area contributed by atoms with Gasteiger partial charge in [-0.1, -0.05) is 36.4 Å². The van der Waals surface area contributed by atoms with Gasteiger partial charge in [-0.25, -0.2) is 0 Å². The summed E-state index contributed by atoms with van der Waals surface area (Å²) in [6.45, 7) is 4.59. The lowest BCUT2D eigenvalue weighted by atomic mass is 9.93. The highest BCUT2D eigenvalue weighted by Crippen LogP contribution is 2.43. The maximum absolute atomic E-state index is 2.77. The Balaban J connectivity index is 1.52. The number of hydrogen-bond donors (Lipinski definition) is 0. The molecule has 1 aromatic heterocycles. The highest BCUT2D eigenvalue weighted by molar-refractivity contribution is 5.84. The molecule has 1 aliphatic carbocycles. The van der Waals surface area contributed by atoms with Crippen LogP contribution in [0.4, 0.5) is 0 Å². The van der Waals surface area contributed by atoms with Gasteiger partial charge in [-0.2, -0.15) is 0 Å². The van der Waals surface area contributed by atoms with Gasteiger partial charge in [0.2, 0.25) is 0 Å². The zero-order valence-corrected chi connectivity index (χ0v) is 17.5. The third-order valence-corrected chi connectivity index (χ3v) is 7.18. The average Bonchev–Trinajstić information content (AvgIpc) is 3.37. The third kappa shape index (κ3) is 2.72. The summed E-state index contributed by atoms with van der Waals surface area (Å²) in [5.41, 5.74) is 7.51. The SMILES string of the molecule is Cc1cccc2c1C(N1C[C@H](c3cn(C)c4ccccc34)[C@@H](N(C)C)C1)CC2. The molecule has 2 aliphatic rings. The average molecular weight is 374 g/mol. The minimum atomic E-state index is 0.550. The van der Waals surface area contributed by atoms with Gasteiger partial charge in [0.1, 0.15) is 0 Å². The van der Waals surface area contributed by atoms with Crippen LogP contribution < -0.4 is 0 Å². The first-order valence-electron chi connectivity index (χ1n) is 10.6. The van der Waals surface area contributed by atoms with Crippen molar-refractivity contribution in [2.45, 2.75) is 37.8 Å². The van der Waals surface area contributed by atoms with E-state index in [1.165, 1.54) is 34.9 Å². The highest BCUT2D eigenvalue weighted by Gasteiger charge is 2.41. The van der Waals surface area contributed by atoms with Crippen molar-refractivity contribution < 1.29 is 0 Å². The van der Waals surface area contributed by atoms with Crippen LogP contribution in [0, 0.1) is 6.92 Å². The largest absolute Gasteiger partial charge is 0.350 e. The number of aromatic nitrogens is 1. The van der Waals surface area contributed by atoms with Gasteiger partial charge in [-0.3, -0.25) is 4.90 Å². The Hall–Kier alpha value is -2.10. The number of nitrogens with zero attached hydrogens (tertiary/aromatic N) is 3. The molecule has 0 radical (unpaired) electrons. The molecule has 146 valence electrons. The quantitative estimate of drug-likeness (QED) is 0.669. The lowest BCUT2D eigenvalue weighted by molar-refractivity contribution is 0.215. The summed E-state index contributed by atoms with van der Waals surface area (Å²) in [5, 5.41) is 1.42.